The van der Waals surface area contributed by atoms with Crippen molar-refractivity contribution >= 4 is 10.0 Å². The van der Waals surface area contributed by atoms with Crippen LogP contribution in [0.3, 0.4) is 0 Å². The second-order valence-corrected chi connectivity index (χ2v) is 7.59. The van der Waals surface area contributed by atoms with E-state index in [1.165, 1.54) is 4.31 Å². The van der Waals surface area contributed by atoms with Gasteiger partial charge in [-0.1, -0.05) is 26.0 Å². The molecular weight excluding hydrogens is 272 g/mol. The van der Waals surface area contributed by atoms with Gasteiger partial charge in [0.05, 0.1) is 4.90 Å². The molecule has 0 fully saturated rings. The summed E-state index contributed by atoms with van der Waals surface area (Å²) in [6, 6.07) is 7.12. The first-order valence-electron chi connectivity index (χ1n) is 7.13. The molecule has 5 heteroatoms. The van der Waals surface area contributed by atoms with E-state index < -0.39 is 10.0 Å². The van der Waals surface area contributed by atoms with Gasteiger partial charge in [-0.15, -0.1) is 0 Å². The van der Waals surface area contributed by atoms with E-state index in [1.54, 1.807) is 19.2 Å². The Bertz CT molecular complexity index is 495. The lowest BCUT2D eigenvalue weighted by Crippen LogP contribution is -2.28. The second kappa shape index (κ2) is 7.76. The SMILES string of the molecule is CC(C)CCN(C)S(=O)(=O)c1ccc(CCCN)cc1. The largest absolute Gasteiger partial charge is 0.330 e. The van der Waals surface area contributed by atoms with E-state index in [0.29, 0.717) is 23.9 Å². The Morgan fingerprint density at radius 3 is 2.30 bits per heavy atom. The summed E-state index contributed by atoms with van der Waals surface area (Å²) in [5.41, 5.74) is 6.59. The Labute approximate surface area is 123 Å². The standard InChI is InChI=1S/C15H26N2O2S/c1-13(2)10-12-17(3)20(18,19)15-8-6-14(7-9-15)5-4-11-16/h6-9,13H,4-5,10-12,16H2,1-3H3. The molecule has 1 rings (SSSR count). The van der Waals surface area contributed by atoms with Crippen molar-refractivity contribution in [2.45, 2.75) is 38.0 Å². The molecule has 0 aliphatic heterocycles. The van der Waals surface area contributed by atoms with Gasteiger partial charge in [-0.2, -0.15) is 0 Å². The van der Waals surface area contributed by atoms with Crippen LogP contribution in [0.1, 0.15) is 32.3 Å². The summed E-state index contributed by atoms with van der Waals surface area (Å²) in [5.74, 6) is 0.492. The van der Waals surface area contributed by atoms with E-state index in [-0.39, 0.29) is 0 Å². The number of nitrogens with zero attached hydrogens (tertiary/aromatic N) is 1. The molecule has 0 spiro atoms. The van der Waals surface area contributed by atoms with Crippen LogP contribution in [0.4, 0.5) is 0 Å². The first-order chi connectivity index (χ1) is 9.37. The van der Waals surface area contributed by atoms with Crippen LogP contribution in [0, 0.1) is 5.92 Å². The van der Waals surface area contributed by atoms with Gasteiger partial charge in [0.2, 0.25) is 10.0 Å². The minimum absolute atomic E-state index is 0.361. The van der Waals surface area contributed by atoms with Gasteiger partial charge < -0.3 is 5.73 Å². The molecule has 20 heavy (non-hydrogen) atoms. The Hall–Kier alpha value is -0.910. The molecule has 4 nitrogen and oxygen atoms in total. The lowest BCUT2D eigenvalue weighted by molar-refractivity contribution is 0.428. The van der Waals surface area contributed by atoms with E-state index in [1.807, 2.05) is 12.1 Å². The number of hydrogen-bond acceptors (Lipinski definition) is 3. The molecule has 0 bridgehead atoms. The summed E-state index contributed by atoms with van der Waals surface area (Å²) < 4.78 is 26.2. The zero-order valence-electron chi connectivity index (χ0n) is 12.7. The Morgan fingerprint density at radius 2 is 1.80 bits per heavy atom. The highest BCUT2D eigenvalue weighted by Gasteiger charge is 2.20. The third-order valence-electron chi connectivity index (χ3n) is 3.32. The monoisotopic (exact) mass is 298 g/mol. The van der Waals surface area contributed by atoms with Crippen molar-refractivity contribution < 1.29 is 8.42 Å². The van der Waals surface area contributed by atoms with Gasteiger partial charge in [0.25, 0.3) is 0 Å². The molecule has 0 aliphatic rings. The van der Waals surface area contributed by atoms with E-state index in [2.05, 4.69) is 13.8 Å². The van der Waals surface area contributed by atoms with Crippen LogP contribution < -0.4 is 5.73 Å². The Morgan fingerprint density at radius 1 is 1.20 bits per heavy atom. The zero-order chi connectivity index (χ0) is 15.2. The van der Waals surface area contributed by atoms with Crippen LogP contribution >= 0.6 is 0 Å². The van der Waals surface area contributed by atoms with E-state index in [9.17, 15) is 8.42 Å². The maximum Gasteiger partial charge on any atom is 0.242 e. The molecule has 1 aromatic rings. The molecule has 0 aliphatic carbocycles. The molecular formula is C15H26N2O2S. The van der Waals surface area contributed by atoms with Crippen molar-refractivity contribution in [3.05, 3.63) is 29.8 Å². The maximum atomic E-state index is 12.4. The van der Waals surface area contributed by atoms with E-state index in [4.69, 9.17) is 5.73 Å². The molecule has 0 heterocycles. The van der Waals surface area contributed by atoms with Crippen molar-refractivity contribution in [2.75, 3.05) is 20.1 Å². The molecule has 0 radical (unpaired) electrons. The molecule has 1 aromatic carbocycles. The van der Waals surface area contributed by atoms with Gasteiger partial charge in [0.1, 0.15) is 0 Å². The minimum Gasteiger partial charge on any atom is -0.330 e. The van der Waals surface area contributed by atoms with Crippen molar-refractivity contribution in [3.8, 4) is 0 Å². The van der Waals surface area contributed by atoms with E-state index in [0.717, 1.165) is 24.8 Å². The van der Waals surface area contributed by atoms with Gasteiger partial charge in [-0.25, -0.2) is 12.7 Å². The van der Waals surface area contributed by atoms with Crippen LogP contribution in [0.15, 0.2) is 29.2 Å². The van der Waals surface area contributed by atoms with E-state index >= 15 is 0 Å². The zero-order valence-corrected chi connectivity index (χ0v) is 13.5. The number of hydrogen-bond donors (Lipinski definition) is 1. The van der Waals surface area contributed by atoms with Crippen LogP contribution in [-0.4, -0.2) is 32.9 Å². The number of sulfonamides is 1. The smallest absolute Gasteiger partial charge is 0.242 e. The van der Waals surface area contributed by atoms with Crippen LogP contribution in [-0.2, 0) is 16.4 Å². The fourth-order valence-electron chi connectivity index (χ4n) is 1.87. The molecule has 0 atom stereocenters. The fraction of sp³-hybridized carbons (Fsp3) is 0.600. The predicted octanol–water partition coefficient (Wildman–Crippen LogP) is 2.24. The molecule has 0 amide bonds. The van der Waals surface area contributed by atoms with Gasteiger partial charge in [-0.3, -0.25) is 0 Å². The summed E-state index contributed by atoms with van der Waals surface area (Å²) >= 11 is 0. The number of rotatable bonds is 8. The summed E-state index contributed by atoms with van der Waals surface area (Å²) in [6.07, 6.45) is 2.67. The van der Waals surface area contributed by atoms with Crippen LogP contribution in [0.2, 0.25) is 0 Å². The average molecular weight is 298 g/mol. The number of nitrogens with two attached hydrogens (primary N) is 1. The average Bonchev–Trinajstić information content (AvgIpc) is 2.42. The molecule has 0 aromatic heterocycles. The van der Waals surface area contributed by atoms with Gasteiger partial charge in [0, 0.05) is 13.6 Å². The Balaban J connectivity index is 2.76. The summed E-state index contributed by atoms with van der Waals surface area (Å²) in [6.45, 7) is 5.38. The van der Waals surface area contributed by atoms with Crippen molar-refractivity contribution in [2.24, 2.45) is 11.7 Å². The predicted molar refractivity (Wildman–Crippen MR) is 83.1 cm³/mol. The Kier molecular flexibility index (Phi) is 6.65. The summed E-state index contributed by atoms with van der Waals surface area (Å²) in [5, 5.41) is 0. The lowest BCUT2D eigenvalue weighted by Gasteiger charge is -2.18. The number of benzene rings is 1. The third-order valence-corrected chi connectivity index (χ3v) is 5.19. The van der Waals surface area contributed by atoms with Crippen molar-refractivity contribution in [3.63, 3.8) is 0 Å². The van der Waals surface area contributed by atoms with Gasteiger partial charge in [0.15, 0.2) is 0 Å². The minimum atomic E-state index is -3.36. The first kappa shape index (κ1) is 17.1. The highest BCUT2D eigenvalue weighted by molar-refractivity contribution is 7.89. The van der Waals surface area contributed by atoms with Gasteiger partial charge in [-0.05, 0) is 49.4 Å². The van der Waals surface area contributed by atoms with Gasteiger partial charge >= 0.3 is 0 Å². The normalized spacial score (nSPS) is 12.3. The molecule has 0 unspecified atom stereocenters. The highest BCUT2D eigenvalue weighted by Crippen LogP contribution is 2.17. The number of aryl methyl sites for hydroxylation is 1. The fourth-order valence-corrected chi connectivity index (χ4v) is 3.06. The van der Waals surface area contributed by atoms with Crippen LogP contribution in [0.5, 0.6) is 0 Å². The summed E-state index contributed by atoms with van der Waals surface area (Å²) in [7, 11) is -1.72. The maximum absolute atomic E-state index is 12.4. The van der Waals surface area contributed by atoms with Crippen molar-refractivity contribution in [1.29, 1.82) is 0 Å². The lowest BCUT2D eigenvalue weighted by atomic mass is 10.1. The molecule has 114 valence electrons. The van der Waals surface area contributed by atoms with Crippen LogP contribution in [0.25, 0.3) is 0 Å². The molecule has 2 N–H and O–H groups in total. The molecule has 0 saturated carbocycles. The second-order valence-electron chi connectivity index (χ2n) is 5.55. The molecule has 0 saturated heterocycles. The first-order valence-corrected chi connectivity index (χ1v) is 8.57. The quantitative estimate of drug-likeness (QED) is 0.800. The summed E-state index contributed by atoms with van der Waals surface area (Å²) in [4.78, 5) is 0.361. The van der Waals surface area contributed by atoms with Crippen molar-refractivity contribution in [1.82, 2.24) is 4.31 Å². The third kappa shape index (κ3) is 4.89. The topological polar surface area (TPSA) is 63.4 Å². The highest BCUT2D eigenvalue weighted by atomic mass is 32.2.